The van der Waals surface area contributed by atoms with Crippen molar-refractivity contribution >= 4 is 11.9 Å². The third-order valence-corrected chi connectivity index (χ3v) is 3.50. The second kappa shape index (κ2) is 8.73. The standard InChI is InChI=1S/C19H21NO3/c1-15(17-10-6-3-7-11-17)20-18(21)14-23-19(22)13-12-16-8-4-2-5-9-16/h2-11,15H,12-14H2,1H3,(H,20,21). The summed E-state index contributed by atoms with van der Waals surface area (Å²) in [6, 6.07) is 19.2. The Labute approximate surface area is 136 Å². The minimum atomic E-state index is -0.364. The molecule has 2 aromatic rings. The van der Waals surface area contributed by atoms with Crippen LogP contribution >= 0.6 is 0 Å². The van der Waals surface area contributed by atoms with E-state index < -0.39 is 0 Å². The molecule has 0 fully saturated rings. The smallest absolute Gasteiger partial charge is 0.306 e. The van der Waals surface area contributed by atoms with Crippen molar-refractivity contribution in [2.24, 2.45) is 0 Å². The van der Waals surface area contributed by atoms with Crippen LogP contribution in [-0.4, -0.2) is 18.5 Å². The molecule has 1 amide bonds. The number of nitrogens with one attached hydrogen (secondary N) is 1. The molecular weight excluding hydrogens is 290 g/mol. The zero-order valence-corrected chi connectivity index (χ0v) is 13.2. The van der Waals surface area contributed by atoms with Crippen molar-refractivity contribution in [3.8, 4) is 0 Å². The Hall–Kier alpha value is -2.62. The number of hydrogen-bond acceptors (Lipinski definition) is 3. The van der Waals surface area contributed by atoms with Crippen molar-refractivity contribution in [3.05, 3.63) is 71.8 Å². The van der Waals surface area contributed by atoms with E-state index in [9.17, 15) is 9.59 Å². The van der Waals surface area contributed by atoms with Crippen molar-refractivity contribution in [1.82, 2.24) is 5.32 Å². The number of carbonyl (C=O) groups excluding carboxylic acids is 2. The van der Waals surface area contributed by atoms with Crippen LogP contribution in [0.1, 0.15) is 30.5 Å². The SMILES string of the molecule is CC(NC(=O)COC(=O)CCc1ccccc1)c1ccccc1. The van der Waals surface area contributed by atoms with Gasteiger partial charge in [0, 0.05) is 6.42 Å². The first kappa shape index (κ1) is 16.7. The molecule has 1 atom stereocenters. The van der Waals surface area contributed by atoms with Gasteiger partial charge in [-0.15, -0.1) is 0 Å². The first-order valence-corrected chi connectivity index (χ1v) is 7.69. The highest BCUT2D eigenvalue weighted by atomic mass is 16.5. The van der Waals surface area contributed by atoms with Gasteiger partial charge in [0.2, 0.25) is 0 Å². The second-order valence-electron chi connectivity index (χ2n) is 5.35. The summed E-state index contributed by atoms with van der Waals surface area (Å²) < 4.78 is 5.01. The molecule has 0 saturated heterocycles. The number of benzene rings is 2. The van der Waals surface area contributed by atoms with E-state index in [1.807, 2.05) is 67.6 Å². The number of aryl methyl sites for hydroxylation is 1. The predicted molar refractivity (Wildman–Crippen MR) is 88.7 cm³/mol. The fourth-order valence-corrected chi connectivity index (χ4v) is 2.22. The zero-order valence-electron chi connectivity index (χ0n) is 13.2. The highest BCUT2D eigenvalue weighted by molar-refractivity contribution is 5.80. The molecule has 0 aliphatic heterocycles. The van der Waals surface area contributed by atoms with Crippen LogP contribution in [0.3, 0.4) is 0 Å². The molecule has 2 aromatic carbocycles. The molecule has 0 heterocycles. The topological polar surface area (TPSA) is 55.4 Å². The molecule has 4 nitrogen and oxygen atoms in total. The van der Waals surface area contributed by atoms with Gasteiger partial charge in [0.1, 0.15) is 0 Å². The van der Waals surface area contributed by atoms with E-state index in [2.05, 4.69) is 5.32 Å². The number of amides is 1. The minimum absolute atomic E-state index is 0.119. The predicted octanol–water partition coefficient (Wildman–Crippen LogP) is 3.04. The number of rotatable bonds is 7. The van der Waals surface area contributed by atoms with E-state index in [1.165, 1.54) is 0 Å². The molecule has 0 bridgehead atoms. The van der Waals surface area contributed by atoms with Gasteiger partial charge in [0.25, 0.3) is 5.91 Å². The van der Waals surface area contributed by atoms with Gasteiger partial charge in [-0.05, 0) is 24.5 Å². The molecule has 0 aliphatic carbocycles. The Balaban J connectivity index is 1.68. The summed E-state index contributed by atoms with van der Waals surface area (Å²) >= 11 is 0. The van der Waals surface area contributed by atoms with Gasteiger partial charge in [0.05, 0.1) is 6.04 Å². The Morgan fingerprint density at radius 3 is 2.26 bits per heavy atom. The van der Waals surface area contributed by atoms with Crippen LogP contribution in [0.25, 0.3) is 0 Å². The van der Waals surface area contributed by atoms with Gasteiger partial charge in [-0.3, -0.25) is 9.59 Å². The van der Waals surface area contributed by atoms with E-state index in [-0.39, 0.29) is 30.9 Å². The van der Waals surface area contributed by atoms with E-state index in [4.69, 9.17) is 4.74 Å². The van der Waals surface area contributed by atoms with E-state index in [1.54, 1.807) is 0 Å². The lowest BCUT2D eigenvalue weighted by atomic mass is 10.1. The highest BCUT2D eigenvalue weighted by Crippen LogP contribution is 2.10. The van der Waals surface area contributed by atoms with Gasteiger partial charge < -0.3 is 10.1 Å². The first-order chi connectivity index (χ1) is 11.1. The maximum atomic E-state index is 11.8. The molecule has 0 saturated carbocycles. The molecule has 4 heteroatoms. The Bertz CT molecular complexity index is 626. The van der Waals surface area contributed by atoms with Crippen molar-refractivity contribution < 1.29 is 14.3 Å². The van der Waals surface area contributed by atoms with Gasteiger partial charge in [-0.1, -0.05) is 60.7 Å². The summed E-state index contributed by atoms with van der Waals surface area (Å²) in [5, 5.41) is 2.81. The Kier molecular flexibility index (Phi) is 6.36. The summed E-state index contributed by atoms with van der Waals surface area (Å²) in [7, 11) is 0. The molecule has 1 N–H and O–H groups in total. The molecule has 120 valence electrons. The highest BCUT2D eigenvalue weighted by Gasteiger charge is 2.11. The van der Waals surface area contributed by atoms with Crippen molar-refractivity contribution in [3.63, 3.8) is 0 Å². The monoisotopic (exact) mass is 311 g/mol. The van der Waals surface area contributed by atoms with Crippen molar-refractivity contribution in [2.75, 3.05) is 6.61 Å². The van der Waals surface area contributed by atoms with Crippen LogP contribution in [0.15, 0.2) is 60.7 Å². The molecule has 1 unspecified atom stereocenters. The van der Waals surface area contributed by atoms with Crippen molar-refractivity contribution in [2.45, 2.75) is 25.8 Å². The normalized spacial score (nSPS) is 11.5. The summed E-state index contributed by atoms with van der Waals surface area (Å²) in [5.41, 5.74) is 2.09. The van der Waals surface area contributed by atoms with Gasteiger partial charge in [0.15, 0.2) is 6.61 Å². The van der Waals surface area contributed by atoms with Gasteiger partial charge >= 0.3 is 5.97 Å². The summed E-state index contributed by atoms with van der Waals surface area (Å²) in [6.07, 6.45) is 0.882. The summed E-state index contributed by atoms with van der Waals surface area (Å²) in [5.74, 6) is -0.661. The van der Waals surface area contributed by atoms with E-state index in [0.29, 0.717) is 6.42 Å². The van der Waals surface area contributed by atoms with Crippen LogP contribution in [0, 0.1) is 0 Å². The molecule has 2 rings (SSSR count). The number of hydrogen-bond donors (Lipinski definition) is 1. The van der Waals surface area contributed by atoms with E-state index in [0.717, 1.165) is 11.1 Å². The molecule has 0 aliphatic rings. The van der Waals surface area contributed by atoms with Crippen LogP contribution in [0.5, 0.6) is 0 Å². The fraction of sp³-hybridized carbons (Fsp3) is 0.263. The number of carbonyl (C=O) groups is 2. The fourth-order valence-electron chi connectivity index (χ4n) is 2.22. The quantitative estimate of drug-likeness (QED) is 0.800. The molecule has 0 aromatic heterocycles. The number of esters is 1. The van der Waals surface area contributed by atoms with Gasteiger partial charge in [-0.2, -0.15) is 0 Å². The summed E-state index contributed by atoms with van der Waals surface area (Å²) in [6.45, 7) is 1.65. The van der Waals surface area contributed by atoms with Crippen LogP contribution in [0.4, 0.5) is 0 Å². The lowest BCUT2D eigenvalue weighted by Crippen LogP contribution is -2.31. The molecule has 23 heavy (non-hydrogen) atoms. The minimum Gasteiger partial charge on any atom is -0.456 e. The third kappa shape index (κ3) is 5.94. The maximum Gasteiger partial charge on any atom is 0.306 e. The summed E-state index contributed by atoms with van der Waals surface area (Å²) in [4.78, 5) is 23.5. The Morgan fingerprint density at radius 2 is 1.61 bits per heavy atom. The molecule has 0 radical (unpaired) electrons. The van der Waals surface area contributed by atoms with Crippen LogP contribution in [-0.2, 0) is 20.7 Å². The van der Waals surface area contributed by atoms with Crippen LogP contribution < -0.4 is 5.32 Å². The third-order valence-electron chi connectivity index (χ3n) is 3.50. The lowest BCUT2D eigenvalue weighted by Gasteiger charge is -2.14. The van der Waals surface area contributed by atoms with Gasteiger partial charge in [-0.25, -0.2) is 0 Å². The molecular formula is C19H21NO3. The number of ether oxygens (including phenoxy) is 1. The average molecular weight is 311 g/mol. The molecule has 0 spiro atoms. The van der Waals surface area contributed by atoms with Crippen LogP contribution in [0.2, 0.25) is 0 Å². The average Bonchev–Trinajstić information content (AvgIpc) is 2.60. The zero-order chi connectivity index (χ0) is 16.5. The maximum absolute atomic E-state index is 11.8. The van der Waals surface area contributed by atoms with E-state index >= 15 is 0 Å². The largest absolute Gasteiger partial charge is 0.456 e. The lowest BCUT2D eigenvalue weighted by molar-refractivity contribution is -0.148. The second-order valence-corrected chi connectivity index (χ2v) is 5.35. The first-order valence-electron chi connectivity index (χ1n) is 7.69. The van der Waals surface area contributed by atoms with Crippen molar-refractivity contribution in [1.29, 1.82) is 0 Å². The Morgan fingerprint density at radius 1 is 1.00 bits per heavy atom.